The van der Waals surface area contributed by atoms with Crippen LogP contribution in [0.3, 0.4) is 0 Å². The van der Waals surface area contributed by atoms with Crippen molar-refractivity contribution in [3.63, 3.8) is 0 Å². The van der Waals surface area contributed by atoms with Gasteiger partial charge in [-0.15, -0.1) is 0 Å². The highest BCUT2D eigenvalue weighted by atomic mass is 19.4. The first-order valence-corrected chi connectivity index (χ1v) is 6.52. The van der Waals surface area contributed by atoms with Gasteiger partial charge in [0.15, 0.2) is 0 Å². The van der Waals surface area contributed by atoms with Crippen LogP contribution in [0, 0.1) is 5.82 Å². The minimum absolute atomic E-state index is 0.103. The van der Waals surface area contributed by atoms with E-state index in [-0.39, 0.29) is 5.69 Å². The lowest BCUT2D eigenvalue weighted by Crippen LogP contribution is -2.32. The van der Waals surface area contributed by atoms with Gasteiger partial charge < -0.3 is 5.32 Å². The molecule has 1 aliphatic rings. The third kappa shape index (κ3) is 2.06. The van der Waals surface area contributed by atoms with Gasteiger partial charge in [-0.2, -0.15) is 13.2 Å². The molecule has 0 aromatic heterocycles. The average molecular weight is 309 g/mol. The van der Waals surface area contributed by atoms with Gasteiger partial charge in [-0.25, -0.2) is 4.39 Å². The highest BCUT2D eigenvalue weighted by Crippen LogP contribution is 2.44. The predicted molar refractivity (Wildman–Crippen MR) is 72.9 cm³/mol. The van der Waals surface area contributed by atoms with E-state index in [9.17, 15) is 22.4 Å². The summed E-state index contributed by atoms with van der Waals surface area (Å²) < 4.78 is 51.7. The van der Waals surface area contributed by atoms with Crippen LogP contribution < -0.4 is 5.32 Å². The lowest BCUT2D eigenvalue weighted by atomic mass is 9.77. The molecule has 0 fully saturated rings. The van der Waals surface area contributed by atoms with E-state index in [1.807, 2.05) is 0 Å². The number of alkyl halides is 3. The standard InChI is InChI=1S/C16H11F4NO/c1-15(9-3-2-4-11(17)7-9)12-6-5-10(16(18,19)20)8-13(12)21-14(15)22/h2-8H,1H3,(H,21,22). The number of fused-ring (bicyclic) bond motifs is 1. The van der Waals surface area contributed by atoms with Gasteiger partial charge in [-0.05, 0) is 42.3 Å². The first kappa shape index (κ1) is 14.6. The minimum Gasteiger partial charge on any atom is -0.325 e. The number of carbonyl (C=O) groups is 1. The van der Waals surface area contributed by atoms with Crippen LogP contribution in [0.4, 0.5) is 23.2 Å². The van der Waals surface area contributed by atoms with Crippen LogP contribution in [0.25, 0.3) is 0 Å². The molecular weight excluding hydrogens is 298 g/mol. The number of nitrogens with one attached hydrogen (secondary N) is 1. The van der Waals surface area contributed by atoms with E-state index in [4.69, 9.17) is 0 Å². The fraction of sp³-hybridized carbons (Fsp3) is 0.188. The van der Waals surface area contributed by atoms with E-state index in [2.05, 4.69) is 5.32 Å². The summed E-state index contributed by atoms with van der Waals surface area (Å²) in [6, 6.07) is 8.59. The molecular formula is C16H11F4NO. The summed E-state index contributed by atoms with van der Waals surface area (Å²) in [7, 11) is 0. The Morgan fingerprint density at radius 1 is 1.09 bits per heavy atom. The Kier molecular flexibility index (Phi) is 3.02. The van der Waals surface area contributed by atoms with E-state index >= 15 is 0 Å². The summed E-state index contributed by atoms with van der Waals surface area (Å²) in [4.78, 5) is 12.3. The fourth-order valence-electron chi connectivity index (χ4n) is 2.72. The molecule has 0 saturated carbocycles. The second kappa shape index (κ2) is 4.56. The summed E-state index contributed by atoms with van der Waals surface area (Å²) in [5, 5.41) is 2.46. The summed E-state index contributed by atoms with van der Waals surface area (Å²) in [5.41, 5.74) is -1.16. The molecule has 1 N–H and O–H groups in total. The summed E-state index contributed by atoms with van der Waals surface area (Å²) >= 11 is 0. The molecule has 1 amide bonds. The Balaban J connectivity index is 2.16. The molecule has 22 heavy (non-hydrogen) atoms. The van der Waals surface area contributed by atoms with Gasteiger partial charge >= 0.3 is 6.18 Å². The molecule has 6 heteroatoms. The molecule has 3 rings (SSSR count). The number of rotatable bonds is 1. The SMILES string of the molecule is CC1(c2cccc(F)c2)C(=O)Nc2cc(C(F)(F)F)ccc21. The molecule has 0 aliphatic carbocycles. The zero-order valence-corrected chi connectivity index (χ0v) is 11.5. The fourth-order valence-corrected chi connectivity index (χ4v) is 2.72. The second-order valence-corrected chi connectivity index (χ2v) is 5.35. The van der Waals surface area contributed by atoms with E-state index in [1.54, 1.807) is 13.0 Å². The molecule has 0 saturated heterocycles. The highest BCUT2D eigenvalue weighted by Gasteiger charge is 2.45. The van der Waals surface area contributed by atoms with Crippen LogP contribution in [0.15, 0.2) is 42.5 Å². The van der Waals surface area contributed by atoms with Crippen molar-refractivity contribution in [2.75, 3.05) is 5.32 Å². The predicted octanol–water partition coefficient (Wildman–Crippen LogP) is 4.10. The van der Waals surface area contributed by atoms with Crippen LogP contribution in [0.1, 0.15) is 23.6 Å². The molecule has 2 nitrogen and oxygen atoms in total. The number of hydrogen-bond acceptors (Lipinski definition) is 1. The first-order valence-electron chi connectivity index (χ1n) is 6.52. The minimum atomic E-state index is -4.49. The highest BCUT2D eigenvalue weighted by molar-refractivity contribution is 6.08. The van der Waals surface area contributed by atoms with Gasteiger partial charge in [0.1, 0.15) is 5.82 Å². The Labute approximate surface area is 123 Å². The normalized spacial score (nSPS) is 20.7. The zero-order valence-electron chi connectivity index (χ0n) is 11.5. The van der Waals surface area contributed by atoms with Crippen LogP contribution in [-0.4, -0.2) is 5.91 Å². The molecule has 1 aliphatic heterocycles. The lowest BCUT2D eigenvalue weighted by molar-refractivity contribution is -0.137. The van der Waals surface area contributed by atoms with E-state index in [0.29, 0.717) is 11.1 Å². The van der Waals surface area contributed by atoms with Crippen LogP contribution in [0.2, 0.25) is 0 Å². The second-order valence-electron chi connectivity index (χ2n) is 5.35. The third-order valence-corrected chi connectivity index (χ3v) is 3.99. The number of anilines is 1. The smallest absolute Gasteiger partial charge is 0.325 e. The topological polar surface area (TPSA) is 29.1 Å². The molecule has 114 valence electrons. The quantitative estimate of drug-likeness (QED) is 0.789. The van der Waals surface area contributed by atoms with Crippen molar-refractivity contribution in [2.45, 2.75) is 18.5 Å². The largest absolute Gasteiger partial charge is 0.416 e. The van der Waals surface area contributed by atoms with Gasteiger partial charge in [0.25, 0.3) is 0 Å². The molecule has 1 unspecified atom stereocenters. The van der Waals surface area contributed by atoms with Gasteiger partial charge in [0, 0.05) is 5.69 Å². The van der Waals surface area contributed by atoms with Gasteiger partial charge in [0.05, 0.1) is 11.0 Å². The van der Waals surface area contributed by atoms with Gasteiger partial charge in [-0.3, -0.25) is 4.79 Å². The lowest BCUT2D eigenvalue weighted by Gasteiger charge is -2.23. The molecule has 1 atom stereocenters. The Hall–Kier alpha value is -2.37. The average Bonchev–Trinajstić information content (AvgIpc) is 2.70. The van der Waals surface area contributed by atoms with E-state index in [1.165, 1.54) is 24.3 Å². The summed E-state index contributed by atoms with van der Waals surface area (Å²) in [5.74, 6) is -0.987. The van der Waals surface area contributed by atoms with Crippen molar-refractivity contribution in [3.8, 4) is 0 Å². The summed E-state index contributed by atoms with van der Waals surface area (Å²) in [6.07, 6.45) is -4.49. The maximum absolute atomic E-state index is 13.4. The van der Waals surface area contributed by atoms with Crippen molar-refractivity contribution < 1.29 is 22.4 Å². The molecule has 2 aromatic carbocycles. The molecule has 0 spiro atoms. The van der Waals surface area contributed by atoms with Crippen molar-refractivity contribution in [1.29, 1.82) is 0 Å². The van der Waals surface area contributed by atoms with Crippen LogP contribution in [-0.2, 0) is 16.4 Å². The molecule has 1 heterocycles. The monoisotopic (exact) mass is 309 g/mol. The van der Waals surface area contributed by atoms with Crippen molar-refractivity contribution in [1.82, 2.24) is 0 Å². The number of amides is 1. The maximum atomic E-state index is 13.4. The van der Waals surface area contributed by atoms with E-state index in [0.717, 1.165) is 12.1 Å². The summed E-state index contributed by atoms with van der Waals surface area (Å²) in [6.45, 7) is 1.57. The number of hydrogen-bond donors (Lipinski definition) is 1. The van der Waals surface area contributed by atoms with Gasteiger partial charge in [-0.1, -0.05) is 18.2 Å². The maximum Gasteiger partial charge on any atom is 0.416 e. The van der Waals surface area contributed by atoms with Crippen LogP contribution in [0.5, 0.6) is 0 Å². The Morgan fingerprint density at radius 3 is 2.45 bits per heavy atom. The molecule has 2 aromatic rings. The van der Waals surface area contributed by atoms with Crippen molar-refractivity contribution >= 4 is 11.6 Å². The Morgan fingerprint density at radius 2 is 1.82 bits per heavy atom. The van der Waals surface area contributed by atoms with Crippen LogP contribution >= 0.6 is 0 Å². The molecule has 0 bridgehead atoms. The number of halogens is 4. The number of benzene rings is 2. The van der Waals surface area contributed by atoms with Crippen molar-refractivity contribution in [2.24, 2.45) is 0 Å². The van der Waals surface area contributed by atoms with E-state index < -0.39 is 28.9 Å². The molecule has 0 radical (unpaired) electrons. The van der Waals surface area contributed by atoms with Crippen molar-refractivity contribution in [3.05, 3.63) is 65.0 Å². The Bertz CT molecular complexity index is 769. The number of carbonyl (C=O) groups excluding carboxylic acids is 1. The third-order valence-electron chi connectivity index (χ3n) is 3.99. The van der Waals surface area contributed by atoms with Gasteiger partial charge in [0.2, 0.25) is 5.91 Å². The first-order chi connectivity index (χ1) is 10.2. The zero-order chi connectivity index (χ0) is 16.1.